The van der Waals surface area contributed by atoms with E-state index in [0.29, 0.717) is 12.6 Å². The van der Waals surface area contributed by atoms with Gasteiger partial charge in [-0.3, -0.25) is 4.79 Å². The minimum atomic E-state index is -4.65. The number of hydrogen-bond donors (Lipinski definition) is 0. The molecule has 0 N–H and O–H groups in total. The van der Waals surface area contributed by atoms with Crippen molar-refractivity contribution in [3.8, 4) is 0 Å². The standard InChI is InChI=1S/C25H23F3N2O3S/c26-25(27,28)19-10-6-12-21(16-19)34(32,33)17-20-11-7-13-22(29-20)24(31)30-15-5-4-14-23(30)18-8-2-1-3-9-18/h1-3,6-13,16,23H,4-5,14-15,17H2. The first kappa shape index (κ1) is 23.9. The van der Waals surface area contributed by atoms with Crippen LogP contribution in [0.4, 0.5) is 13.2 Å². The highest BCUT2D eigenvalue weighted by Gasteiger charge is 2.32. The molecule has 1 amide bonds. The Morgan fingerprint density at radius 1 is 0.971 bits per heavy atom. The summed E-state index contributed by atoms with van der Waals surface area (Å²) in [5.41, 5.74) is 0.192. The first-order chi connectivity index (χ1) is 16.1. The Balaban J connectivity index is 1.58. The molecule has 34 heavy (non-hydrogen) atoms. The fourth-order valence-corrected chi connectivity index (χ4v) is 5.48. The van der Waals surface area contributed by atoms with Gasteiger partial charge in [0.15, 0.2) is 9.84 Å². The fourth-order valence-electron chi connectivity index (χ4n) is 4.17. The van der Waals surface area contributed by atoms with Gasteiger partial charge in [0.2, 0.25) is 0 Å². The summed E-state index contributed by atoms with van der Waals surface area (Å²) in [7, 11) is -4.10. The highest BCUT2D eigenvalue weighted by atomic mass is 32.2. The van der Waals surface area contributed by atoms with Gasteiger partial charge in [-0.15, -0.1) is 0 Å². The van der Waals surface area contributed by atoms with E-state index in [2.05, 4.69) is 4.98 Å². The molecule has 5 nitrogen and oxygen atoms in total. The van der Waals surface area contributed by atoms with Crippen LogP contribution in [0.5, 0.6) is 0 Å². The molecule has 0 radical (unpaired) electrons. The molecule has 3 aromatic rings. The molecule has 2 heterocycles. The molecule has 0 saturated carbocycles. The van der Waals surface area contributed by atoms with E-state index in [1.165, 1.54) is 12.1 Å². The lowest BCUT2D eigenvalue weighted by molar-refractivity contribution is -0.137. The van der Waals surface area contributed by atoms with Crippen molar-refractivity contribution in [1.82, 2.24) is 9.88 Å². The number of carbonyl (C=O) groups excluding carboxylic acids is 1. The SMILES string of the molecule is O=C(c1cccc(CS(=O)(=O)c2cccc(C(F)(F)F)c2)n1)N1CCCCC1c1ccccc1. The lowest BCUT2D eigenvalue weighted by Gasteiger charge is -2.36. The zero-order valence-electron chi connectivity index (χ0n) is 18.2. The molecular formula is C25H23F3N2O3S. The number of amides is 1. The fraction of sp³-hybridized carbons (Fsp3) is 0.280. The molecule has 1 aromatic heterocycles. The van der Waals surface area contributed by atoms with Gasteiger partial charge in [0.25, 0.3) is 5.91 Å². The molecule has 178 valence electrons. The van der Waals surface area contributed by atoms with Crippen molar-refractivity contribution >= 4 is 15.7 Å². The number of nitrogens with zero attached hydrogens (tertiary/aromatic N) is 2. The molecule has 2 aromatic carbocycles. The number of benzene rings is 2. The van der Waals surface area contributed by atoms with Crippen LogP contribution < -0.4 is 0 Å². The van der Waals surface area contributed by atoms with Crippen LogP contribution in [-0.2, 0) is 21.8 Å². The van der Waals surface area contributed by atoms with Crippen LogP contribution in [0.15, 0.2) is 77.7 Å². The number of rotatable bonds is 5. The number of piperidine rings is 1. The zero-order valence-corrected chi connectivity index (χ0v) is 19.0. The average Bonchev–Trinajstić information content (AvgIpc) is 2.83. The van der Waals surface area contributed by atoms with Gasteiger partial charge in [-0.05, 0) is 55.2 Å². The van der Waals surface area contributed by atoms with Crippen LogP contribution in [-0.4, -0.2) is 30.8 Å². The molecule has 4 rings (SSSR count). The molecule has 1 saturated heterocycles. The van der Waals surface area contributed by atoms with Gasteiger partial charge in [-0.2, -0.15) is 13.2 Å². The summed E-state index contributed by atoms with van der Waals surface area (Å²) in [6.45, 7) is 0.562. The molecular weight excluding hydrogens is 465 g/mol. The zero-order chi connectivity index (χ0) is 24.3. The van der Waals surface area contributed by atoms with E-state index in [1.807, 2.05) is 30.3 Å². The van der Waals surface area contributed by atoms with Crippen molar-refractivity contribution in [2.75, 3.05) is 6.54 Å². The number of alkyl halides is 3. The summed E-state index contributed by atoms with van der Waals surface area (Å²) in [4.78, 5) is 18.9. The lowest BCUT2D eigenvalue weighted by Crippen LogP contribution is -2.39. The smallest absolute Gasteiger partial charge is 0.330 e. The monoisotopic (exact) mass is 488 g/mol. The number of halogens is 3. The van der Waals surface area contributed by atoms with Crippen LogP contribution in [0.1, 0.15) is 52.6 Å². The summed E-state index contributed by atoms with van der Waals surface area (Å²) in [6.07, 6.45) is -1.98. The molecule has 0 aliphatic carbocycles. The number of aromatic nitrogens is 1. The predicted molar refractivity (Wildman–Crippen MR) is 121 cm³/mol. The van der Waals surface area contributed by atoms with Crippen LogP contribution in [0.2, 0.25) is 0 Å². The van der Waals surface area contributed by atoms with Gasteiger partial charge in [-0.1, -0.05) is 42.5 Å². The Morgan fingerprint density at radius 3 is 2.44 bits per heavy atom. The summed E-state index contributed by atoms with van der Waals surface area (Å²) >= 11 is 0. The highest BCUT2D eigenvalue weighted by Crippen LogP contribution is 2.33. The van der Waals surface area contributed by atoms with Gasteiger partial charge < -0.3 is 4.90 Å². The van der Waals surface area contributed by atoms with E-state index in [4.69, 9.17) is 0 Å². The molecule has 1 atom stereocenters. The molecule has 0 spiro atoms. The molecule has 0 bridgehead atoms. The highest BCUT2D eigenvalue weighted by molar-refractivity contribution is 7.90. The van der Waals surface area contributed by atoms with E-state index in [-0.39, 0.29) is 23.3 Å². The van der Waals surface area contributed by atoms with E-state index in [9.17, 15) is 26.4 Å². The number of pyridine rings is 1. The second-order valence-electron chi connectivity index (χ2n) is 8.22. The van der Waals surface area contributed by atoms with Crippen molar-refractivity contribution in [2.24, 2.45) is 0 Å². The Labute approximate surface area is 196 Å². The number of hydrogen-bond acceptors (Lipinski definition) is 4. The van der Waals surface area contributed by atoms with Gasteiger partial charge in [0.05, 0.1) is 27.9 Å². The van der Waals surface area contributed by atoms with Gasteiger partial charge in [0.1, 0.15) is 5.69 Å². The van der Waals surface area contributed by atoms with Gasteiger partial charge in [0, 0.05) is 6.54 Å². The summed E-state index contributed by atoms with van der Waals surface area (Å²) < 4.78 is 64.6. The summed E-state index contributed by atoms with van der Waals surface area (Å²) in [5.74, 6) is -0.913. The molecule has 1 unspecified atom stereocenters. The van der Waals surface area contributed by atoms with Crippen molar-refractivity contribution in [2.45, 2.75) is 42.1 Å². The maximum atomic E-state index is 13.3. The minimum absolute atomic E-state index is 0.0940. The van der Waals surface area contributed by atoms with Crippen molar-refractivity contribution in [3.63, 3.8) is 0 Å². The van der Waals surface area contributed by atoms with E-state index in [0.717, 1.165) is 43.0 Å². The molecule has 1 aliphatic rings. The Bertz CT molecular complexity index is 1280. The Kier molecular flexibility index (Phi) is 6.74. The Morgan fingerprint density at radius 2 is 1.71 bits per heavy atom. The van der Waals surface area contributed by atoms with Crippen LogP contribution in [0.3, 0.4) is 0 Å². The van der Waals surface area contributed by atoms with E-state index < -0.39 is 32.2 Å². The quantitative estimate of drug-likeness (QED) is 0.480. The number of carbonyl (C=O) groups is 1. The third kappa shape index (κ3) is 5.30. The Hall–Kier alpha value is -3.20. The third-order valence-corrected chi connectivity index (χ3v) is 7.48. The van der Waals surface area contributed by atoms with E-state index in [1.54, 1.807) is 11.0 Å². The van der Waals surface area contributed by atoms with E-state index >= 15 is 0 Å². The minimum Gasteiger partial charge on any atom is -0.330 e. The van der Waals surface area contributed by atoms with Crippen LogP contribution in [0, 0.1) is 0 Å². The molecule has 9 heteroatoms. The van der Waals surface area contributed by atoms with Crippen LogP contribution >= 0.6 is 0 Å². The number of sulfone groups is 1. The average molecular weight is 489 g/mol. The van der Waals surface area contributed by atoms with Gasteiger partial charge in [-0.25, -0.2) is 13.4 Å². The van der Waals surface area contributed by atoms with Crippen molar-refractivity contribution < 1.29 is 26.4 Å². The van der Waals surface area contributed by atoms with Crippen molar-refractivity contribution in [3.05, 3.63) is 95.3 Å². The predicted octanol–water partition coefficient (Wildman–Crippen LogP) is 5.44. The number of likely N-dealkylation sites (tertiary alicyclic amines) is 1. The molecule has 1 fully saturated rings. The summed E-state index contributed by atoms with van der Waals surface area (Å²) in [5, 5.41) is 0. The third-order valence-electron chi connectivity index (χ3n) is 5.83. The second-order valence-corrected chi connectivity index (χ2v) is 10.2. The normalized spacial score (nSPS) is 16.9. The summed E-state index contributed by atoms with van der Waals surface area (Å²) in [6, 6.07) is 17.7. The lowest BCUT2D eigenvalue weighted by atomic mass is 9.95. The topological polar surface area (TPSA) is 67.3 Å². The maximum absolute atomic E-state index is 13.3. The van der Waals surface area contributed by atoms with Crippen molar-refractivity contribution in [1.29, 1.82) is 0 Å². The maximum Gasteiger partial charge on any atom is 0.416 e. The van der Waals surface area contributed by atoms with Crippen LogP contribution in [0.25, 0.3) is 0 Å². The molecule has 1 aliphatic heterocycles. The first-order valence-electron chi connectivity index (χ1n) is 10.9. The first-order valence-corrected chi connectivity index (χ1v) is 12.5. The van der Waals surface area contributed by atoms with Gasteiger partial charge >= 0.3 is 6.18 Å². The second kappa shape index (κ2) is 9.58. The largest absolute Gasteiger partial charge is 0.416 e.